The highest BCUT2D eigenvalue weighted by Crippen LogP contribution is 2.06. The molecule has 2 amide bonds. The molecule has 0 aromatic carbocycles. The predicted octanol–water partition coefficient (Wildman–Crippen LogP) is -1.35. The second kappa shape index (κ2) is 4.80. The van der Waals surface area contributed by atoms with Crippen LogP contribution in [0.25, 0.3) is 0 Å². The molecule has 17 heavy (non-hydrogen) atoms. The van der Waals surface area contributed by atoms with Crippen LogP contribution in [-0.2, 0) is 9.59 Å². The standard InChI is InChI=1S/C10H14N4O2S/c1-13-2-4-14(5-3-13)6-7-8(15)11-10(17)12-9(7)16/h6H,2-5H2,1H3,(H2,11,12,15,16,17). The Morgan fingerprint density at radius 2 is 1.65 bits per heavy atom. The molecule has 92 valence electrons. The zero-order valence-electron chi connectivity index (χ0n) is 9.52. The first-order chi connectivity index (χ1) is 8.06. The first-order valence-corrected chi connectivity index (χ1v) is 5.78. The number of piperazine rings is 1. The molecule has 0 aromatic heterocycles. The number of nitrogens with zero attached hydrogens (tertiary/aromatic N) is 2. The van der Waals surface area contributed by atoms with Gasteiger partial charge in [0.25, 0.3) is 11.8 Å². The number of thiocarbonyl (C=S) groups is 1. The number of nitrogens with one attached hydrogen (secondary N) is 2. The van der Waals surface area contributed by atoms with Gasteiger partial charge in [-0.3, -0.25) is 20.2 Å². The molecule has 2 rings (SSSR count). The molecule has 0 atom stereocenters. The van der Waals surface area contributed by atoms with Crippen LogP contribution in [0.1, 0.15) is 0 Å². The van der Waals surface area contributed by atoms with E-state index in [1.165, 1.54) is 0 Å². The minimum absolute atomic E-state index is 0.0653. The predicted molar refractivity (Wildman–Crippen MR) is 66.0 cm³/mol. The van der Waals surface area contributed by atoms with Gasteiger partial charge in [0, 0.05) is 32.4 Å². The minimum atomic E-state index is -0.433. The van der Waals surface area contributed by atoms with Crippen molar-refractivity contribution in [1.82, 2.24) is 20.4 Å². The van der Waals surface area contributed by atoms with E-state index in [0.717, 1.165) is 26.2 Å². The van der Waals surface area contributed by atoms with Crippen LogP contribution in [0, 0.1) is 0 Å². The molecule has 2 fully saturated rings. The summed E-state index contributed by atoms with van der Waals surface area (Å²) in [5.41, 5.74) is 0.114. The Morgan fingerprint density at radius 3 is 2.18 bits per heavy atom. The number of carbonyl (C=O) groups excluding carboxylic acids is 2. The van der Waals surface area contributed by atoms with Gasteiger partial charge in [0.15, 0.2) is 5.11 Å². The molecule has 0 saturated carbocycles. The van der Waals surface area contributed by atoms with Gasteiger partial charge in [0.05, 0.1) is 0 Å². The maximum atomic E-state index is 11.6. The van der Waals surface area contributed by atoms with Crippen molar-refractivity contribution in [2.75, 3.05) is 33.2 Å². The van der Waals surface area contributed by atoms with Crippen LogP contribution in [0.4, 0.5) is 0 Å². The van der Waals surface area contributed by atoms with Crippen LogP contribution in [0.3, 0.4) is 0 Å². The van der Waals surface area contributed by atoms with Gasteiger partial charge in [-0.15, -0.1) is 0 Å². The first kappa shape index (κ1) is 12.0. The van der Waals surface area contributed by atoms with Crippen LogP contribution in [0.15, 0.2) is 11.8 Å². The molecule has 2 saturated heterocycles. The molecular weight excluding hydrogens is 240 g/mol. The second-order valence-electron chi connectivity index (χ2n) is 4.12. The smallest absolute Gasteiger partial charge is 0.264 e. The Hall–Kier alpha value is -1.47. The Kier molecular flexibility index (Phi) is 3.39. The molecule has 2 aliphatic rings. The minimum Gasteiger partial charge on any atom is -0.374 e. The summed E-state index contributed by atoms with van der Waals surface area (Å²) < 4.78 is 0. The van der Waals surface area contributed by atoms with Gasteiger partial charge >= 0.3 is 0 Å². The van der Waals surface area contributed by atoms with Crippen LogP contribution < -0.4 is 10.6 Å². The number of rotatable bonds is 1. The van der Waals surface area contributed by atoms with Crippen LogP contribution in [0.2, 0.25) is 0 Å². The van der Waals surface area contributed by atoms with Crippen molar-refractivity contribution in [2.24, 2.45) is 0 Å². The van der Waals surface area contributed by atoms with Crippen LogP contribution in [-0.4, -0.2) is 60.0 Å². The monoisotopic (exact) mass is 254 g/mol. The molecule has 0 radical (unpaired) electrons. The summed E-state index contributed by atoms with van der Waals surface area (Å²) in [5.74, 6) is -0.865. The van der Waals surface area contributed by atoms with E-state index in [4.69, 9.17) is 12.2 Å². The van der Waals surface area contributed by atoms with Gasteiger partial charge < -0.3 is 9.80 Å². The fourth-order valence-corrected chi connectivity index (χ4v) is 1.91. The maximum Gasteiger partial charge on any atom is 0.264 e. The summed E-state index contributed by atoms with van der Waals surface area (Å²) in [4.78, 5) is 27.4. The SMILES string of the molecule is CN1CCN(C=C2C(=O)NC(=S)NC2=O)CC1. The Labute approximate surface area is 105 Å². The molecule has 2 N–H and O–H groups in total. The van der Waals surface area contributed by atoms with Crippen molar-refractivity contribution < 1.29 is 9.59 Å². The van der Waals surface area contributed by atoms with E-state index in [0.29, 0.717) is 0 Å². The summed E-state index contributed by atoms with van der Waals surface area (Å²) in [6, 6.07) is 0. The quantitative estimate of drug-likeness (QED) is 0.344. The highest BCUT2D eigenvalue weighted by atomic mass is 32.1. The topological polar surface area (TPSA) is 64.7 Å². The fraction of sp³-hybridized carbons (Fsp3) is 0.500. The first-order valence-electron chi connectivity index (χ1n) is 5.37. The summed E-state index contributed by atoms with van der Waals surface area (Å²) in [6.07, 6.45) is 1.61. The van der Waals surface area contributed by atoms with Crippen molar-refractivity contribution in [1.29, 1.82) is 0 Å². The molecule has 0 aromatic rings. The lowest BCUT2D eigenvalue weighted by atomic mass is 10.2. The maximum absolute atomic E-state index is 11.6. The number of likely N-dealkylation sites (N-methyl/N-ethyl adjacent to an activating group) is 1. The Balaban J connectivity index is 2.07. The fourth-order valence-electron chi connectivity index (χ4n) is 1.73. The third kappa shape index (κ3) is 2.80. The molecular formula is C10H14N4O2S. The number of hydrogen-bond acceptors (Lipinski definition) is 5. The van der Waals surface area contributed by atoms with Gasteiger partial charge in [-0.25, -0.2) is 0 Å². The highest BCUT2D eigenvalue weighted by Gasteiger charge is 2.27. The Morgan fingerprint density at radius 1 is 1.12 bits per heavy atom. The van der Waals surface area contributed by atoms with E-state index in [1.54, 1.807) is 6.20 Å². The van der Waals surface area contributed by atoms with E-state index >= 15 is 0 Å². The van der Waals surface area contributed by atoms with Crippen molar-refractivity contribution in [3.63, 3.8) is 0 Å². The van der Waals surface area contributed by atoms with E-state index in [1.807, 2.05) is 11.9 Å². The van der Waals surface area contributed by atoms with Crippen molar-refractivity contribution in [2.45, 2.75) is 0 Å². The van der Waals surface area contributed by atoms with Crippen molar-refractivity contribution >= 4 is 29.1 Å². The van der Waals surface area contributed by atoms with E-state index < -0.39 is 11.8 Å². The lowest BCUT2D eigenvalue weighted by Crippen LogP contribution is -2.52. The van der Waals surface area contributed by atoms with Crippen molar-refractivity contribution in [3.05, 3.63) is 11.8 Å². The normalized spacial score (nSPS) is 22.3. The lowest BCUT2D eigenvalue weighted by Gasteiger charge is -2.32. The van der Waals surface area contributed by atoms with Gasteiger partial charge in [-0.1, -0.05) is 0 Å². The van der Waals surface area contributed by atoms with E-state index in [-0.39, 0.29) is 10.7 Å². The van der Waals surface area contributed by atoms with Gasteiger partial charge in [0.2, 0.25) is 0 Å². The lowest BCUT2D eigenvalue weighted by molar-refractivity contribution is -0.123. The summed E-state index contributed by atoms with van der Waals surface area (Å²) in [5, 5.41) is 4.89. The molecule has 0 bridgehead atoms. The molecule has 0 spiro atoms. The molecule has 6 nitrogen and oxygen atoms in total. The van der Waals surface area contributed by atoms with E-state index in [9.17, 15) is 9.59 Å². The third-order valence-corrected chi connectivity index (χ3v) is 3.00. The zero-order chi connectivity index (χ0) is 12.4. The third-order valence-electron chi connectivity index (χ3n) is 2.79. The molecule has 0 unspecified atom stereocenters. The van der Waals surface area contributed by atoms with E-state index in [2.05, 4.69) is 15.5 Å². The molecule has 7 heteroatoms. The van der Waals surface area contributed by atoms with Gasteiger partial charge in [0.1, 0.15) is 5.57 Å². The summed E-state index contributed by atoms with van der Waals surface area (Å²) >= 11 is 4.72. The average Bonchev–Trinajstić information content (AvgIpc) is 2.26. The van der Waals surface area contributed by atoms with Crippen molar-refractivity contribution in [3.8, 4) is 0 Å². The van der Waals surface area contributed by atoms with Gasteiger partial charge in [-0.2, -0.15) is 0 Å². The number of amides is 2. The zero-order valence-corrected chi connectivity index (χ0v) is 10.3. The largest absolute Gasteiger partial charge is 0.374 e. The molecule has 2 heterocycles. The number of hydrogen-bond donors (Lipinski definition) is 2. The van der Waals surface area contributed by atoms with Gasteiger partial charge in [-0.05, 0) is 19.3 Å². The summed E-state index contributed by atoms with van der Waals surface area (Å²) in [7, 11) is 2.04. The second-order valence-corrected chi connectivity index (χ2v) is 4.53. The number of carbonyl (C=O) groups is 2. The molecule has 0 aliphatic carbocycles. The highest BCUT2D eigenvalue weighted by molar-refractivity contribution is 7.80. The average molecular weight is 254 g/mol. The van der Waals surface area contributed by atoms with Crippen LogP contribution >= 0.6 is 12.2 Å². The molecule has 2 aliphatic heterocycles. The van der Waals surface area contributed by atoms with Crippen LogP contribution in [0.5, 0.6) is 0 Å². The Bertz CT molecular complexity index is 377. The summed E-state index contributed by atoms with van der Waals surface area (Å²) in [6.45, 7) is 3.47.